The molecule has 4 aromatic rings. The Morgan fingerprint density at radius 3 is 1.77 bits per heavy atom. The summed E-state index contributed by atoms with van der Waals surface area (Å²) in [6.45, 7) is 0.123. The summed E-state index contributed by atoms with van der Waals surface area (Å²) >= 11 is 0. The van der Waals surface area contributed by atoms with Crippen LogP contribution in [0.4, 0.5) is 13.2 Å². The van der Waals surface area contributed by atoms with E-state index in [0.29, 0.717) is 17.0 Å². The molecule has 5 nitrogen and oxygen atoms in total. The van der Waals surface area contributed by atoms with Crippen molar-refractivity contribution < 1.29 is 23.0 Å². The van der Waals surface area contributed by atoms with Crippen molar-refractivity contribution in [3.63, 3.8) is 0 Å². The summed E-state index contributed by atoms with van der Waals surface area (Å²) < 4.78 is 48.2. The fourth-order valence-corrected chi connectivity index (χ4v) is 3.85. The number of aromatic nitrogens is 2. The van der Waals surface area contributed by atoms with Crippen LogP contribution in [0.1, 0.15) is 34.7 Å². The van der Waals surface area contributed by atoms with Gasteiger partial charge in [0.05, 0.1) is 18.8 Å². The van der Waals surface area contributed by atoms with E-state index in [4.69, 9.17) is 4.74 Å². The van der Waals surface area contributed by atoms with Crippen molar-refractivity contribution in [3.05, 3.63) is 125 Å². The minimum absolute atomic E-state index is 0.0386. The number of aliphatic hydroxyl groups excluding tert-OH is 1. The summed E-state index contributed by atoms with van der Waals surface area (Å²) in [5.74, 6) is -0.387. The summed E-state index contributed by atoms with van der Waals surface area (Å²) in [6.07, 6.45) is 1.96. The molecule has 0 radical (unpaired) electrons. The SMILES string of the molecule is Cn1ccnc1[C@H](NC[C@@H](O)COC(c1ccc(F)cc1)c1ccc(F)cc1)c1ccc(F)cc1. The average molecular weight is 482 g/mol. The van der Waals surface area contributed by atoms with Crippen molar-refractivity contribution in [2.24, 2.45) is 7.05 Å². The molecule has 0 saturated carbocycles. The van der Waals surface area contributed by atoms with Crippen LogP contribution in [0.3, 0.4) is 0 Å². The zero-order chi connectivity index (χ0) is 24.8. The van der Waals surface area contributed by atoms with Gasteiger partial charge in [-0.05, 0) is 53.1 Å². The Bertz CT molecular complexity index is 1170. The fourth-order valence-electron chi connectivity index (χ4n) is 3.85. The van der Waals surface area contributed by atoms with Crippen LogP contribution in [-0.4, -0.2) is 33.9 Å². The van der Waals surface area contributed by atoms with Crippen molar-refractivity contribution in [2.45, 2.75) is 18.2 Å². The Morgan fingerprint density at radius 2 is 1.31 bits per heavy atom. The summed E-state index contributed by atoms with van der Waals surface area (Å²) in [7, 11) is 1.86. The molecule has 0 unspecified atom stereocenters. The molecule has 0 saturated heterocycles. The highest BCUT2D eigenvalue weighted by atomic mass is 19.1. The maximum absolute atomic E-state index is 13.4. The Morgan fingerprint density at radius 1 is 0.829 bits per heavy atom. The molecule has 4 rings (SSSR count). The van der Waals surface area contributed by atoms with Crippen LogP contribution in [0.25, 0.3) is 0 Å². The number of rotatable bonds is 10. The highest BCUT2D eigenvalue weighted by molar-refractivity contribution is 5.31. The van der Waals surface area contributed by atoms with Crippen molar-refractivity contribution in [2.75, 3.05) is 13.2 Å². The van der Waals surface area contributed by atoms with Gasteiger partial charge in [-0.15, -0.1) is 0 Å². The summed E-state index contributed by atoms with van der Waals surface area (Å²) in [5, 5.41) is 14.0. The third-order valence-corrected chi connectivity index (χ3v) is 5.68. The molecule has 0 bridgehead atoms. The molecule has 0 aliphatic heterocycles. The quantitative estimate of drug-likeness (QED) is 0.345. The normalized spacial score (nSPS) is 13.2. The van der Waals surface area contributed by atoms with Gasteiger partial charge in [0.1, 0.15) is 29.4 Å². The van der Waals surface area contributed by atoms with Crippen LogP contribution in [0, 0.1) is 17.5 Å². The lowest BCUT2D eigenvalue weighted by Crippen LogP contribution is -2.35. The van der Waals surface area contributed by atoms with Crippen molar-refractivity contribution >= 4 is 0 Å². The second-order valence-electron chi connectivity index (χ2n) is 8.26. The molecular weight excluding hydrogens is 455 g/mol. The second kappa shape index (κ2) is 11.3. The molecule has 0 amide bonds. The third kappa shape index (κ3) is 6.36. The first-order valence-corrected chi connectivity index (χ1v) is 11.2. The molecule has 1 heterocycles. The molecule has 2 atom stereocenters. The van der Waals surface area contributed by atoms with Gasteiger partial charge in [0.2, 0.25) is 0 Å². The van der Waals surface area contributed by atoms with Gasteiger partial charge in [-0.25, -0.2) is 18.2 Å². The first-order valence-electron chi connectivity index (χ1n) is 11.2. The van der Waals surface area contributed by atoms with Gasteiger partial charge >= 0.3 is 0 Å². The predicted octanol–water partition coefficient (Wildman–Crippen LogP) is 4.68. The number of nitrogens with zero attached hydrogens (tertiary/aromatic N) is 2. The Labute approximate surface area is 201 Å². The van der Waals surface area contributed by atoms with Crippen molar-refractivity contribution in [3.8, 4) is 0 Å². The molecule has 0 spiro atoms. The Balaban J connectivity index is 1.45. The second-order valence-corrected chi connectivity index (χ2v) is 8.26. The third-order valence-electron chi connectivity index (χ3n) is 5.68. The first kappa shape index (κ1) is 24.7. The predicted molar refractivity (Wildman–Crippen MR) is 126 cm³/mol. The van der Waals surface area contributed by atoms with Gasteiger partial charge in [-0.1, -0.05) is 36.4 Å². The summed E-state index contributed by atoms with van der Waals surface area (Å²) in [5.41, 5.74) is 2.15. The largest absolute Gasteiger partial charge is 0.389 e. The van der Waals surface area contributed by atoms with Crippen LogP contribution in [0.2, 0.25) is 0 Å². The number of hydrogen-bond donors (Lipinski definition) is 2. The van der Waals surface area contributed by atoms with E-state index in [1.807, 2.05) is 17.8 Å². The summed E-state index contributed by atoms with van der Waals surface area (Å²) in [4.78, 5) is 4.39. The summed E-state index contributed by atoms with van der Waals surface area (Å²) in [6, 6.07) is 17.4. The van der Waals surface area contributed by atoms with Crippen LogP contribution in [0.5, 0.6) is 0 Å². The van der Waals surface area contributed by atoms with E-state index in [2.05, 4.69) is 10.3 Å². The number of nitrogens with one attached hydrogen (secondary N) is 1. The minimum Gasteiger partial charge on any atom is -0.389 e. The number of imidazole rings is 1. The highest BCUT2D eigenvalue weighted by Gasteiger charge is 2.21. The molecule has 3 aromatic carbocycles. The number of aryl methyl sites for hydroxylation is 1. The number of benzene rings is 3. The van der Waals surface area contributed by atoms with Crippen LogP contribution >= 0.6 is 0 Å². The number of aliphatic hydroxyl groups is 1. The molecular formula is C27H26F3N3O2. The molecule has 2 N–H and O–H groups in total. The minimum atomic E-state index is -0.901. The van der Waals surface area contributed by atoms with Crippen LogP contribution in [0.15, 0.2) is 85.2 Å². The van der Waals surface area contributed by atoms with E-state index in [1.165, 1.54) is 36.4 Å². The molecule has 182 valence electrons. The van der Waals surface area contributed by atoms with E-state index in [-0.39, 0.29) is 36.6 Å². The Hall–Kier alpha value is -3.46. The number of ether oxygens (including phenoxy) is 1. The van der Waals surface area contributed by atoms with Crippen LogP contribution in [-0.2, 0) is 11.8 Å². The number of hydrogen-bond acceptors (Lipinski definition) is 4. The molecule has 35 heavy (non-hydrogen) atoms. The van der Waals surface area contributed by atoms with Gasteiger partial charge in [0, 0.05) is 26.0 Å². The lowest BCUT2D eigenvalue weighted by molar-refractivity contribution is 0.00585. The average Bonchev–Trinajstić information content (AvgIpc) is 3.28. The lowest BCUT2D eigenvalue weighted by Gasteiger charge is -2.24. The van der Waals surface area contributed by atoms with E-state index in [9.17, 15) is 18.3 Å². The smallest absolute Gasteiger partial charge is 0.130 e. The highest BCUT2D eigenvalue weighted by Crippen LogP contribution is 2.27. The molecule has 0 aliphatic rings. The van der Waals surface area contributed by atoms with E-state index in [1.54, 1.807) is 42.6 Å². The molecule has 1 aromatic heterocycles. The first-order chi connectivity index (χ1) is 16.9. The van der Waals surface area contributed by atoms with Gasteiger partial charge in [0.15, 0.2) is 0 Å². The molecule has 0 fully saturated rings. The van der Waals surface area contributed by atoms with E-state index >= 15 is 0 Å². The van der Waals surface area contributed by atoms with Crippen molar-refractivity contribution in [1.82, 2.24) is 14.9 Å². The zero-order valence-electron chi connectivity index (χ0n) is 19.1. The van der Waals surface area contributed by atoms with Gasteiger partial charge < -0.3 is 19.7 Å². The van der Waals surface area contributed by atoms with E-state index in [0.717, 1.165) is 5.56 Å². The molecule has 8 heteroatoms. The topological polar surface area (TPSA) is 59.3 Å². The van der Waals surface area contributed by atoms with Crippen LogP contribution < -0.4 is 5.32 Å². The zero-order valence-corrected chi connectivity index (χ0v) is 19.1. The van der Waals surface area contributed by atoms with Gasteiger partial charge in [0.25, 0.3) is 0 Å². The van der Waals surface area contributed by atoms with Gasteiger partial charge in [-0.2, -0.15) is 0 Å². The number of halogens is 3. The maximum atomic E-state index is 13.4. The molecule has 0 aliphatic carbocycles. The van der Waals surface area contributed by atoms with E-state index < -0.39 is 12.2 Å². The Kier molecular flexibility index (Phi) is 7.97. The maximum Gasteiger partial charge on any atom is 0.130 e. The monoisotopic (exact) mass is 481 g/mol. The van der Waals surface area contributed by atoms with Gasteiger partial charge in [-0.3, -0.25) is 0 Å². The van der Waals surface area contributed by atoms with Crippen molar-refractivity contribution in [1.29, 1.82) is 0 Å². The lowest BCUT2D eigenvalue weighted by atomic mass is 10.0. The fraction of sp³-hybridized carbons (Fsp3) is 0.222. The standard InChI is InChI=1S/C27H26F3N3O2/c1-33-15-14-31-27(33)25(18-2-8-21(28)9-3-18)32-16-24(34)17-35-26(19-4-10-22(29)11-5-19)20-6-12-23(30)13-7-20/h2-15,24-26,32,34H,16-17H2,1H3/t24-,25-/m1/s1.